The Morgan fingerprint density at radius 1 is 1.33 bits per heavy atom. The van der Waals surface area contributed by atoms with Gasteiger partial charge in [0.1, 0.15) is 4.21 Å². The lowest BCUT2D eigenvalue weighted by molar-refractivity contribution is 0.0514. The van der Waals surface area contributed by atoms with Crippen molar-refractivity contribution in [2.75, 3.05) is 11.3 Å². The predicted molar refractivity (Wildman–Crippen MR) is 103 cm³/mol. The molecule has 10 heteroatoms. The van der Waals surface area contributed by atoms with E-state index in [1.807, 2.05) is 0 Å². The summed E-state index contributed by atoms with van der Waals surface area (Å²) in [4.78, 5) is 12.2. The zero-order chi connectivity index (χ0) is 19.6. The fraction of sp³-hybridized carbons (Fsp3) is 0.176. The van der Waals surface area contributed by atoms with Gasteiger partial charge in [-0.15, -0.1) is 11.3 Å². The molecule has 27 heavy (non-hydrogen) atoms. The molecule has 0 radical (unpaired) electrons. The van der Waals surface area contributed by atoms with Crippen molar-refractivity contribution in [3.8, 4) is 10.6 Å². The topological polar surface area (TPSA) is 98.5 Å². The van der Waals surface area contributed by atoms with Gasteiger partial charge in [-0.3, -0.25) is 4.72 Å². The van der Waals surface area contributed by atoms with Gasteiger partial charge in [0.05, 0.1) is 17.2 Å². The summed E-state index contributed by atoms with van der Waals surface area (Å²) in [6, 6.07) is 9.43. The maximum atomic E-state index is 12.6. The van der Waals surface area contributed by atoms with Crippen LogP contribution >= 0.6 is 22.9 Å². The number of nitrogens with zero attached hydrogens (tertiary/aromatic N) is 1. The first kappa shape index (κ1) is 19.4. The lowest BCUT2D eigenvalue weighted by atomic mass is 10.2. The van der Waals surface area contributed by atoms with Crippen LogP contribution in [0.4, 0.5) is 5.69 Å². The Hall–Kier alpha value is -2.36. The maximum Gasteiger partial charge on any atom is 0.360 e. The molecule has 3 rings (SSSR count). The third-order valence-corrected chi connectivity index (χ3v) is 6.96. The maximum absolute atomic E-state index is 12.6. The number of rotatable bonds is 6. The monoisotopic (exact) mass is 426 g/mol. The van der Waals surface area contributed by atoms with Gasteiger partial charge in [0.2, 0.25) is 0 Å². The molecule has 1 N–H and O–H groups in total. The average molecular weight is 427 g/mol. The van der Waals surface area contributed by atoms with Crippen LogP contribution in [0.1, 0.15) is 23.0 Å². The lowest BCUT2D eigenvalue weighted by Gasteiger charge is -2.10. The molecule has 0 saturated carbocycles. The van der Waals surface area contributed by atoms with E-state index in [1.165, 1.54) is 12.1 Å². The SMILES string of the molecule is CCOC(=O)c1cc(-c2ccc(S(=O)(=O)Nc3cccc(Cl)c3C)s2)on1. The molecule has 0 atom stereocenters. The summed E-state index contributed by atoms with van der Waals surface area (Å²) < 4.78 is 37.9. The van der Waals surface area contributed by atoms with Gasteiger partial charge in [0, 0.05) is 11.1 Å². The number of hydrogen-bond acceptors (Lipinski definition) is 7. The molecule has 2 aromatic heterocycles. The molecule has 0 aliphatic rings. The molecule has 0 bridgehead atoms. The van der Waals surface area contributed by atoms with Crippen molar-refractivity contribution in [2.45, 2.75) is 18.1 Å². The smallest absolute Gasteiger partial charge is 0.360 e. The van der Waals surface area contributed by atoms with Crippen LogP contribution in [0, 0.1) is 6.92 Å². The normalized spacial score (nSPS) is 11.4. The molecule has 0 amide bonds. The summed E-state index contributed by atoms with van der Waals surface area (Å²) >= 11 is 7.03. The highest BCUT2D eigenvalue weighted by Crippen LogP contribution is 2.33. The van der Waals surface area contributed by atoms with Crippen molar-refractivity contribution >= 4 is 44.6 Å². The van der Waals surface area contributed by atoms with Gasteiger partial charge in [-0.2, -0.15) is 0 Å². The molecule has 142 valence electrons. The van der Waals surface area contributed by atoms with Crippen molar-refractivity contribution in [3.63, 3.8) is 0 Å². The number of hydrogen-bond donors (Lipinski definition) is 1. The van der Waals surface area contributed by atoms with E-state index in [2.05, 4.69) is 9.88 Å². The van der Waals surface area contributed by atoms with E-state index in [4.69, 9.17) is 20.9 Å². The average Bonchev–Trinajstić information content (AvgIpc) is 3.28. The van der Waals surface area contributed by atoms with Crippen molar-refractivity contribution < 1.29 is 22.5 Å². The number of carbonyl (C=O) groups is 1. The number of esters is 1. The van der Waals surface area contributed by atoms with Crippen molar-refractivity contribution in [2.24, 2.45) is 0 Å². The second-order valence-electron chi connectivity index (χ2n) is 5.43. The van der Waals surface area contributed by atoms with Gasteiger partial charge >= 0.3 is 5.97 Å². The second-order valence-corrected chi connectivity index (χ2v) is 8.83. The fourth-order valence-electron chi connectivity index (χ4n) is 2.20. The summed E-state index contributed by atoms with van der Waals surface area (Å²) in [5, 5.41) is 4.12. The molecule has 0 aliphatic heterocycles. The fourth-order valence-corrected chi connectivity index (χ4v) is 4.75. The van der Waals surface area contributed by atoms with Crippen LogP contribution < -0.4 is 4.72 Å². The van der Waals surface area contributed by atoms with Crippen LogP contribution in [0.3, 0.4) is 0 Å². The van der Waals surface area contributed by atoms with Crippen LogP contribution in [0.5, 0.6) is 0 Å². The summed E-state index contributed by atoms with van der Waals surface area (Å²) in [6.45, 7) is 3.63. The Morgan fingerprint density at radius 3 is 2.85 bits per heavy atom. The lowest BCUT2D eigenvalue weighted by Crippen LogP contribution is -2.12. The molecule has 3 aromatic rings. The first-order chi connectivity index (χ1) is 12.8. The van der Waals surface area contributed by atoms with E-state index in [9.17, 15) is 13.2 Å². The summed E-state index contributed by atoms with van der Waals surface area (Å²) in [5.41, 5.74) is 1.06. The number of anilines is 1. The third-order valence-electron chi connectivity index (χ3n) is 3.60. The zero-order valence-electron chi connectivity index (χ0n) is 14.4. The van der Waals surface area contributed by atoms with E-state index in [-0.39, 0.29) is 22.3 Å². The molecule has 0 fully saturated rings. The number of halogens is 1. The van der Waals surface area contributed by atoms with Crippen LogP contribution in [-0.4, -0.2) is 26.2 Å². The first-order valence-corrected chi connectivity index (χ1v) is 10.5. The predicted octanol–water partition coefficient (Wildman–Crippen LogP) is 4.34. The first-order valence-electron chi connectivity index (χ1n) is 7.84. The molecule has 1 aromatic carbocycles. The minimum Gasteiger partial charge on any atom is -0.461 e. The second kappa shape index (κ2) is 7.71. The Balaban J connectivity index is 1.84. The van der Waals surface area contributed by atoms with Crippen LogP contribution in [0.15, 0.2) is 45.1 Å². The highest BCUT2D eigenvalue weighted by atomic mass is 35.5. The van der Waals surface area contributed by atoms with Crippen molar-refractivity contribution in [1.29, 1.82) is 0 Å². The van der Waals surface area contributed by atoms with E-state index in [0.29, 0.717) is 21.2 Å². The van der Waals surface area contributed by atoms with Crippen molar-refractivity contribution in [1.82, 2.24) is 5.16 Å². The van der Waals surface area contributed by atoms with E-state index in [0.717, 1.165) is 11.3 Å². The quantitative estimate of drug-likeness (QED) is 0.588. The van der Waals surface area contributed by atoms with E-state index < -0.39 is 16.0 Å². The van der Waals surface area contributed by atoms with Crippen molar-refractivity contribution in [3.05, 3.63) is 52.7 Å². The highest BCUT2D eigenvalue weighted by molar-refractivity contribution is 7.94. The van der Waals surface area contributed by atoms with Gasteiger partial charge in [-0.05, 0) is 43.7 Å². The Bertz CT molecular complexity index is 1090. The largest absolute Gasteiger partial charge is 0.461 e. The number of aromatic nitrogens is 1. The van der Waals surface area contributed by atoms with Gasteiger partial charge in [-0.25, -0.2) is 13.2 Å². The minimum absolute atomic E-state index is 0.0253. The van der Waals surface area contributed by atoms with Gasteiger partial charge in [0.15, 0.2) is 11.5 Å². The molecule has 7 nitrogen and oxygen atoms in total. The summed E-state index contributed by atoms with van der Waals surface area (Å²) in [6.07, 6.45) is 0. The summed E-state index contributed by atoms with van der Waals surface area (Å²) in [5.74, 6) is -0.321. The van der Waals surface area contributed by atoms with Crippen LogP contribution in [0.25, 0.3) is 10.6 Å². The molecule has 0 aliphatic carbocycles. The van der Waals surface area contributed by atoms with Gasteiger partial charge in [0.25, 0.3) is 10.0 Å². The number of ether oxygens (including phenoxy) is 1. The van der Waals surface area contributed by atoms with Gasteiger partial charge in [-0.1, -0.05) is 22.8 Å². The van der Waals surface area contributed by atoms with E-state index in [1.54, 1.807) is 38.1 Å². The van der Waals surface area contributed by atoms with Gasteiger partial charge < -0.3 is 9.26 Å². The number of nitrogens with one attached hydrogen (secondary N) is 1. The third kappa shape index (κ3) is 4.15. The molecular weight excluding hydrogens is 412 g/mol. The minimum atomic E-state index is -3.80. The molecule has 2 heterocycles. The van der Waals surface area contributed by atoms with Crippen LogP contribution in [-0.2, 0) is 14.8 Å². The number of sulfonamides is 1. The molecular formula is C17H15ClN2O5S2. The zero-order valence-corrected chi connectivity index (χ0v) is 16.7. The number of benzene rings is 1. The standard InChI is InChI=1S/C17H15ClN2O5S2/c1-3-24-17(21)13-9-14(25-19-13)15-7-8-16(26-15)27(22,23)20-12-6-4-5-11(18)10(12)2/h4-9,20H,3H2,1-2H3. The Labute approximate surface area is 165 Å². The van der Waals surface area contributed by atoms with E-state index >= 15 is 0 Å². The highest BCUT2D eigenvalue weighted by Gasteiger charge is 2.21. The number of thiophene rings is 1. The molecule has 0 spiro atoms. The Morgan fingerprint density at radius 2 is 2.11 bits per heavy atom. The molecule has 0 unspecified atom stereocenters. The summed E-state index contributed by atoms with van der Waals surface area (Å²) in [7, 11) is -3.80. The molecule has 0 saturated heterocycles. The number of carbonyl (C=O) groups excluding carboxylic acids is 1. The Kier molecular flexibility index (Phi) is 5.54. The van der Waals surface area contributed by atoms with Crippen LogP contribution in [0.2, 0.25) is 5.02 Å².